The van der Waals surface area contributed by atoms with Gasteiger partial charge in [-0.2, -0.15) is 0 Å². The van der Waals surface area contributed by atoms with Crippen LogP contribution in [0.3, 0.4) is 0 Å². The minimum absolute atomic E-state index is 0.0374. The number of methoxy groups -OCH3 is 1. The zero-order valence-corrected chi connectivity index (χ0v) is 16.3. The Balaban J connectivity index is 1.56. The van der Waals surface area contributed by atoms with Crippen LogP contribution in [0, 0.1) is 5.92 Å². The van der Waals surface area contributed by atoms with Crippen LogP contribution in [0.25, 0.3) is 22.6 Å². The first-order valence-electron chi connectivity index (χ1n) is 9.52. The smallest absolute Gasteiger partial charge is 0.270 e. The maximum Gasteiger partial charge on any atom is 0.270 e. The Morgan fingerprint density at radius 1 is 1.28 bits per heavy atom. The van der Waals surface area contributed by atoms with Crippen molar-refractivity contribution >= 4 is 17.0 Å². The SMILES string of the molecule is COCC1CCN(C(=O)c2ccc3oc(-c4ccc(C(C)(F)F)cc4)nc3c2)C1. The second-order valence-corrected chi connectivity index (χ2v) is 7.53. The van der Waals surface area contributed by atoms with Gasteiger partial charge in [-0.1, -0.05) is 12.1 Å². The molecule has 1 aromatic heterocycles. The maximum absolute atomic E-state index is 13.4. The molecule has 0 N–H and O–H groups in total. The van der Waals surface area contributed by atoms with Crippen molar-refractivity contribution in [2.24, 2.45) is 5.92 Å². The quantitative estimate of drug-likeness (QED) is 0.622. The Kier molecular flexibility index (Phi) is 5.08. The molecular weight excluding hydrogens is 378 g/mol. The number of carbonyl (C=O) groups is 1. The highest BCUT2D eigenvalue weighted by Gasteiger charge is 2.27. The number of aromatic nitrogens is 1. The summed E-state index contributed by atoms with van der Waals surface area (Å²) >= 11 is 0. The largest absolute Gasteiger partial charge is 0.436 e. The molecule has 1 saturated heterocycles. The molecule has 1 atom stereocenters. The molecular formula is C22H22F2N2O3. The van der Waals surface area contributed by atoms with Crippen LogP contribution in [-0.4, -0.2) is 42.6 Å². The number of amides is 1. The Morgan fingerprint density at radius 2 is 2.03 bits per heavy atom. The molecule has 0 radical (unpaired) electrons. The molecule has 152 valence electrons. The van der Waals surface area contributed by atoms with Gasteiger partial charge in [0.05, 0.1) is 6.61 Å². The van der Waals surface area contributed by atoms with Gasteiger partial charge in [0.15, 0.2) is 5.58 Å². The minimum atomic E-state index is -2.90. The normalized spacial score (nSPS) is 17.2. The lowest BCUT2D eigenvalue weighted by molar-refractivity contribution is 0.0175. The van der Waals surface area contributed by atoms with Crippen molar-refractivity contribution in [3.8, 4) is 11.5 Å². The number of fused-ring (bicyclic) bond motifs is 1. The summed E-state index contributed by atoms with van der Waals surface area (Å²) in [5.41, 5.74) is 2.19. The number of alkyl halides is 2. The summed E-state index contributed by atoms with van der Waals surface area (Å²) in [6.07, 6.45) is 0.933. The fourth-order valence-corrected chi connectivity index (χ4v) is 3.66. The molecule has 0 spiro atoms. The van der Waals surface area contributed by atoms with Gasteiger partial charge in [0, 0.05) is 49.7 Å². The summed E-state index contributed by atoms with van der Waals surface area (Å²) in [6, 6.07) is 11.0. The van der Waals surface area contributed by atoms with Crippen molar-refractivity contribution < 1.29 is 22.7 Å². The number of halogens is 2. The maximum atomic E-state index is 13.4. The number of likely N-dealkylation sites (tertiary alicyclic amines) is 1. The van der Waals surface area contributed by atoms with E-state index in [2.05, 4.69) is 4.98 Å². The minimum Gasteiger partial charge on any atom is -0.436 e. The van der Waals surface area contributed by atoms with Crippen LogP contribution in [0.5, 0.6) is 0 Å². The number of carbonyl (C=O) groups excluding carboxylic acids is 1. The lowest BCUT2D eigenvalue weighted by Crippen LogP contribution is -2.29. The number of hydrogen-bond acceptors (Lipinski definition) is 4. The number of nitrogens with zero attached hydrogens (tertiary/aromatic N) is 2. The van der Waals surface area contributed by atoms with Crippen LogP contribution in [-0.2, 0) is 10.7 Å². The predicted octanol–water partition coefficient (Wildman–Crippen LogP) is 4.72. The molecule has 3 aromatic rings. The zero-order chi connectivity index (χ0) is 20.6. The van der Waals surface area contributed by atoms with E-state index in [1.54, 1.807) is 37.4 Å². The van der Waals surface area contributed by atoms with Crippen LogP contribution in [0.4, 0.5) is 8.78 Å². The van der Waals surface area contributed by atoms with Gasteiger partial charge in [0.2, 0.25) is 5.89 Å². The fourth-order valence-electron chi connectivity index (χ4n) is 3.66. The van der Waals surface area contributed by atoms with E-state index in [9.17, 15) is 13.6 Å². The molecule has 1 unspecified atom stereocenters. The molecule has 7 heteroatoms. The third-order valence-electron chi connectivity index (χ3n) is 5.25. The predicted molar refractivity (Wildman–Crippen MR) is 105 cm³/mol. The third-order valence-corrected chi connectivity index (χ3v) is 5.25. The third kappa shape index (κ3) is 4.00. The van der Waals surface area contributed by atoms with Crippen LogP contribution in [0.15, 0.2) is 46.9 Å². The second-order valence-electron chi connectivity index (χ2n) is 7.53. The van der Waals surface area contributed by atoms with Gasteiger partial charge >= 0.3 is 0 Å². The topological polar surface area (TPSA) is 55.6 Å². The molecule has 2 heterocycles. The number of hydrogen-bond donors (Lipinski definition) is 0. The van der Waals surface area contributed by atoms with Crippen LogP contribution in [0.1, 0.15) is 29.3 Å². The summed E-state index contributed by atoms with van der Waals surface area (Å²) < 4.78 is 37.7. The Morgan fingerprint density at radius 3 is 2.72 bits per heavy atom. The van der Waals surface area contributed by atoms with Crippen molar-refractivity contribution in [2.45, 2.75) is 19.3 Å². The van der Waals surface area contributed by atoms with Gasteiger partial charge in [-0.05, 0) is 36.8 Å². The number of rotatable bonds is 5. The van der Waals surface area contributed by atoms with E-state index in [0.717, 1.165) is 13.3 Å². The first-order chi connectivity index (χ1) is 13.8. The van der Waals surface area contributed by atoms with Crippen molar-refractivity contribution in [1.29, 1.82) is 0 Å². The monoisotopic (exact) mass is 400 g/mol. The summed E-state index contributed by atoms with van der Waals surface area (Å²) in [6.45, 7) is 2.91. The van der Waals surface area contributed by atoms with Gasteiger partial charge in [0.25, 0.3) is 11.8 Å². The van der Waals surface area contributed by atoms with E-state index in [1.807, 2.05) is 4.90 Å². The summed E-state index contributed by atoms with van der Waals surface area (Å²) in [7, 11) is 1.67. The van der Waals surface area contributed by atoms with E-state index in [1.165, 1.54) is 12.1 Å². The van der Waals surface area contributed by atoms with Crippen LogP contribution >= 0.6 is 0 Å². The first-order valence-corrected chi connectivity index (χ1v) is 9.52. The van der Waals surface area contributed by atoms with E-state index < -0.39 is 5.92 Å². The van der Waals surface area contributed by atoms with Gasteiger partial charge in [-0.15, -0.1) is 0 Å². The number of benzene rings is 2. The summed E-state index contributed by atoms with van der Waals surface area (Å²) in [5, 5.41) is 0. The lowest BCUT2D eigenvalue weighted by Gasteiger charge is -2.16. The fraction of sp³-hybridized carbons (Fsp3) is 0.364. The molecule has 1 fully saturated rings. The summed E-state index contributed by atoms with van der Waals surface area (Å²) in [4.78, 5) is 19.1. The molecule has 0 saturated carbocycles. The molecule has 1 aliphatic rings. The Labute approximate surface area is 167 Å². The molecule has 4 rings (SSSR count). The molecule has 2 aromatic carbocycles. The molecule has 1 amide bonds. The van der Waals surface area contributed by atoms with Gasteiger partial charge in [0.1, 0.15) is 5.52 Å². The Bertz CT molecular complexity index is 1020. The lowest BCUT2D eigenvalue weighted by atomic mass is 10.1. The van der Waals surface area contributed by atoms with Crippen LogP contribution in [0.2, 0.25) is 0 Å². The van der Waals surface area contributed by atoms with E-state index >= 15 is 0 Å². The number of oxazole rings is 1. The zero-order valence-electron chi connectivity index (χ0n) is 16.3. The molecule has 29 heavy (non-hydrogen) atoms. The Hall–Kier alpha value is -2.80. The first kappa shape index (κ1) is 19.5. The highest BCUT2D eigenvalue weighted by atomic mass is 19.3. The van der Waals surface area contributed by atoms with E-state index in [0.29, 0.717) is 53.7 Å². The molecule has 0 bridgehead atoms. The van der Waals surface area contributed by atoms with Crippen molar-refractivity contribution in [3.63, 3.8) is 0 Å². The van der Waals surface area contributed by atoms with E-state index in [-0.39, 0.29) is 11.5 Å². The number of ether oxygens (including phenoxy) is 1. The average Bonchev–Trinajstić information content (AvgIpc) is 3.33. The highest BCUT2D eigenvalue weighted by molar-refractivity contribution is 5.97. The average molecular weight is 400 g/mol. The van der Waals surface area contributed by atoms with Gasteiger partial charge < -0.3 is 14.1 Å². The van der Waals surface area contributed by atoms with E-state index in [4.69, 9.17) is 9.15 Å². The van der Waals surface area contributed by atoms with Crippen LogP contribution < -0.4 is 0 Å². The van der Waals surface area contributed by atoms with Gasteiger partial charge in [-0.25, -0.2) is 13.8 Å². The van der Waals surface area contributed by atoms with Crippen molar-refractivity contribution in [3.05, 3.63) is 53.6 Å². The van der Waals surface area contributed by atoms with Crippen molar-refractivity contribution in [2.75, 3.05) is 26.8 Å². The molecule has 1 aliphatic heterocycles. The van der Waals surface area contributed by atoms with Gasteiger partial charge in [-0.3, -0.25) is 4.79 Å². The standard InChI is InChI=1S/C22H22F2N2O3/c1-22(23,24)17-6-3-15(4-7-17)20-25-18-11-16(5-8-19(18)29-20)21(27)26-10-9-14(12-26)13-28-2/h3-8,11,14H,9-10,12-13H2,1-2H3. The second kappa shape index (κ2) is 7.55. The molecule has 0 aliphatic carbocycles. The highest BCUT2D eigenvalue weighted by Crippen LogP contribution is 2.30. The van der Waals surface area contributed by atoms with Crippen molar-refractivity contribution in [1.82, 2.24) is 9.88 Å². The molecule has 5 nitrogen and oxygen atoms in total. The summed E-state index contributed by atoms with van der Waals surface area (Å²) in [5.74, 6) is -2.24.